The molecule has 1 aliphatic rings. The van der Waals surface area contributed by atoms with Crippen LogP contribution in [0.3, 0.4) is 0 Å². The molecule has 1 atom stereocenters. The Kier molecular flexibility index (Phi) is 4.14. The van der Waals surface area contributed by atoms with Crippen LogP contribution in [0.4, 0.5) is 0 Å². The first-order valence-corrected chi connectivity index (χ1v) is 6.10. The van der Waals surface area contributed by atoms with Crippen molar-refractivity contribution in [1.82, 2.24) is 5.32 Å². The number of aliphatic carboxylic acids is 1. The molecule has 5 nitrogen and oxygen atoms in total. The summed E-state index contributed by atoms with van der Waals surface area (Å²) in [5.41, 5.74) is 4.72. The zero-order valence-electron chi connectivity index (χ0n) is 10.6. The van der Waals surface area contributed by atoms with Gasteiger partial charge in [-0.15, -0.1) is 0 Å². The third-order valence-electron chi connectivity index (χ3n) is 3.83. The highest BCUT2D eigenvalue weighted by atomic mass is 16.4. The lowest BCUT2D eigenvalue weighted by molar-refractivity contribution is -0.148. The second-order valence-electron chi connectivity index (χ2n) is 5.39. The molecule has 0 aromatic heterocycles. The molecule has 0 aliphatic heterocycles. The molecular formula is C12H22N2O3. The zero-order chi connectivity index (χ0) is 13.1. The molecule has 0 spiro atoms. The van der Waals surface area contributed by atoms with Crippen LogP contribution in [0.25, 0.3) is 0 Å². The molecule has 0 aromatic rings. The first kappa shape index (κ1) is 14.0. The lowest BCUT2D eigenvalue weighted by Gasteiger charge is -2.37. The fourth-order valence-corrected chi connectivity index (χ4v) is 1.84. The SMILES string of the molecule is CCC(C)(CNC(=O)CC1(N)CCC1)C(=O)O. The third kappa shape index (κ3) is 3.43. The highest BCUT2D eigenvalue weighted by molar-refractivity contribution is 5.79. The predicted molar refractivity (Wildman–Crippen MR) is 64.4 cm³/mol. The molecule has 1 saturated carbocycles. The Labute approximate surface area is 102 Å². The van der Waals surface area contributed by atoms with E-state index in [-0.39, 0.29) is 18.0 Å². The van der Waals surface area contributed by atoms with E-state index in [9.17, 15) is 9.59 Å². The van der Waals surface area contributed by atoms with E-state index < -0.39 is 11.4 Å². The zero-order valence-corrected chi connectivity index (χ0v) is 10.6. The standard InChI is InChI=1S/C12H22N2O3/c1-3-11(2,10(16)17)8-14-9(15)7-12(13)5-4-6-12/h3-8,13H2,1-2H3,(H,14,15)(H,16,17). The quantitative estimate of drug-likeness (QED) is 0.644. The Morgan fingerprint density at radius 2 is 2.06 bits per heavy atom. The van der Waals surface area contributed by atoms with Gasteiger partial charge in [0.05, 0.1) is 5.41 Å². The van der Waals surface area contributed by atoms with Crippen LogP contribution in [0.1, 0.15) is 46.0 Å². The Balaban J connectivity index is 2.39. The summed E-state index contributed by atoms with van der Waals surface area (Å²) < 4.78 is 0. The fourth-order valence-electron chi connectivity index (χ4n) is 1.84. The minimum absolute atomic E-state index is 0.145. The van der Waals surface area contributed by atoms with Crippen LogP contribution < -0.4 is 11.1 Å². The minimum Gasteiger partial charge on any atom is -0.481 e. The number of carboxylic acid groups (broad SMARTS) is 1. The summed E-state index contributed by atoms with van der Waals surface area (Å²) >= 11 is 0. The first-order chi connectivity index (χ1) is 7.81. The van der Waals surface area contributed by atoms with Crippen molar-refractivity contribution in [3.63, 3.8) is 0 Å². The first-order valence-electron chi connectivity index (χ1n) is 6.10. The van der Waals surface area contributed by atoms with Gasteiger partial charge in [0.15, 0.2) is 0 Å². The summed E-state index contributed by atoms with van der Waals surface area (Å²) in [5.74, 6) is -1.03. The van der Waals surface area contributed by atoms with Crippen LogP contribution >= 0.6 is 0 Å². The van der Waals surface area contributed by atoms with Crippen molar-refractivity contribution in [3.8, 4) is 0 Å². The van der Waals surface area contributed by atoms with Crippen molar-refractivity contribution < 1.29 is 14.7 Å². The summed E-state index contributed by atoms with van der Waals surface area (Å²) in [7, 11) is 0. The van der Waals surface area contributed by atoms with E-state index in [1.165, 1.54) is 0 Å². The molecular weight excluding hydrogens is 220 g/mol. The number of carbonyl (C=O) groups is 2. The molecule has 1 rings (SSSR count). The molecule has 0 radical (unpaired) electrons. The van der Waals surface area contributed by atoms with Crippen LogP contribution in [-0.2, 0) is 9.59 Å². The molecule has 17 heavy (non-hydrogen) atoms. The van der Waals surface area contributed by atoms with Crippen LogP contribution in [0.5, 0.6) is 0 Å². The van der Waals surface area contributed by atoms with Gasteiger partial charge < -0.3 is 16.2 Å². The highest BCUT2D eigenvalue weighted by Gasteiger charge is 2.36. The van der Waals surface area contributed by atoms with Gasteiger partial charge in [-0.2, -0.15) is 0 Å². The molecule has 4 N–H and O–H groups in total. The van der Waals surface area contributed by atoms with Gasteiger partial charge in [-0.25, -0.2) is 0 Å². The molecule has 98 valence electrons. The third-order valence-corrected chi connectivity index (χ3v) is 3.83. The number of carbonyl (C=O) groups excluding carboxylic acids is 1. The Morgan fingerprint density at radius 3 is 2.41 bits per heavy atom. The van der Waals surface area contributed by atoms with E-state index in [1.54, 1.807) is 13.8 Å². The van der Waals surface area contributed by atoms with Gasteiger partial charge in [-0.05, 0) is 32.6 Å². The van der Waals surface area contributed by atoms with E-state index in [2.05, 4.69) is 5.32 Å². The summed E-state index contributed by atoms with van der Waals surface area (Å²) in [5, 5.41) is 11.7. The number of carboxylic acids is 1. The molecule has 0 heterocycles. The number of rotatable bonds is 6. The molecule has 0 aromatic carbocycles. The monoisotopic (exact) mass is 242 g/mol. The molecule has 1 amide bonds. The normalized spacial score (nSPS) is 21.1. The number of hydrogen-bond donors (Lipinski definition) is 3. The van der Waals surface area contributed by atoms with Gasteiger partial charge in [0.1, 0.15) is 0 Å². The van der Waals surface area contributed by atoms with Crippen LogP contribution in [0.2, 0.25) is 0 Å². The number of nitrogens with two attached hydrogens (primary N) is 1. The van der Waals surface area contributed by atoms with Crippen LogP contribution in [-0.4, -0.2) is 29.1 Å². The van der Waals surface area contributed by atoms with Crippen molar-refractivity contribution >= 4 is 11.9 Å². The maximum atomic E-state index is 11.7. The summed E-state index contributed by atoms with van der Waals surface area (Å²) in [6.07, 6.45) is 3.61. The number of amides is 1. The predicted octanol–water partition coefficient (Wildman–Crippen LogP) is 0.875. The molecule has 1 aliphatic carbocycles. The van der Waals surface area contributed by atoms with Gasteiger partial charge >= 0.3 is 5.97 Å². The van der Waals surface area contributed by atoms with Gasteiger partial charge in [0, 0.05) is 18.5 Å². The largest absolute Gasteiger partial charge is 0.481 e. The lowest BCUT2D eigenvalue weighted by Crippen LogP contribution is -2.51. The van der Waals surface area contributed by atoms with E-state index in [0.717, 1.165) is 19.3 Å². The Morgan fingerprint density at radius 1 is 1.47 bits per heavy atom. The smallest absolute Gasteiger partial charge is 0.311 e. The van der Waals surface area contributed by atoms with Gasteiger partial charge in [0.2, 0.25) is 5.91 Å². The second kappa shape index (κ2) is 5.04. The molecule has 0 bridgehead atoms. The summed E-state index contributed by atoms with van der Waals surface area (Å²) in [4.78, 5) is 22.7. The van der Waals surface area contributed by atoms with E-state index in [1.807, 2.05) is 0 Å². The average Bonchev–Trinajstić information content (AvgIpc) is 2.23. The minimum atomic E-state index is -0.892. The molecule has 5 heteroatoms. The van der Waals surface area contributed by atoms with E-state index >= 15 is 0 Å². The average molecular weight is 242 g/mol. The number of hydrogen-bond acceptors (Lipinski definition) is 3. The fraction of sp³-hybridized carbons (Fsp3) is 0.833. The highest BCUT2D eigenvalue weighted by Crippen LogP contribution is 2.32. The molecule has 0 saturated heterocycles. The van der Waals surface area contributed by atoms with E-state index in [4.69, 9.17) is 10.8 Å². The topological polar surface area (TPSA) is 92.4 Å². The summed E-state index contributed by atoms with van der Waals surface area (Å²) in [6, 6.07) is 0. The Bertz CT molecular complexity index is 313. The van der Waals surface area contributed by atoms with Crippen molar-refractivity contribution in [2.24, 2.45) is 11.1 Å². The second-order valence-corrected chi connectivity index (χ2v) is 5.39. The van der Waals surface area contributed by atoms with Crippen molar-refractivity contribution in [1.29, 1.82) is 0 Å². The molecule has 1 fully saturated rings. The van der Waals surface area contributed by atoms with Crippen LogP contribution in [0, 0.1) is 5.41 Å². The van der Waals surface area contributed by atoms with Gasteiger partial charge in [-0.3, -0.25) is 9.59 Å². The van der Waals surface area contributed by atoms with Crippen LogP contribution in [0.15, 0.2) is 0 Å². The van der Waals surface area contributed by atoms with Gasteiger partial charge in [-0.1, -0.05) is 6.92 Å². The van der Waals surface area contributed by atoms with Crippen molar-refractivity contribution in [2.75, 3.05) is 6.54 Å². The van der Waals surface area contributed by atoms with Gasteiger partial charge in [0.25, 0.3) is 0 Å². The van der Waals surface area contributed by atoms with E-state index in [0.29, 0.717) is 12.8 Å². The summed E-state index contributed by atoms with van der Waals surface area (Å²) in [6.45, 7) is 3.60. The number of nitrogens with one attached hydrogen (secondary N) is 1. The maximum absolute atomic E-state index is 11.7. The maximum Gasteiger partial charge on any atom is 0.311 e. The molecule has 1 unspecified atom stereocenters. The Hall–Kier alpha value is -1.10. The lowest BCUT2D eigenvalue weighted by atomic mass is 9.75. The van der Waals surface area contributed by atoms with Crippen molar-refractivity contribution in [3.05, 3.63) is 0 Å². The van der Waals surface area contributed by atoms with Crippen molar-refractivity contribution in [2.45, 2.75) is 51.5 Å².